The standard InChI is InChI=1S/C17H12FNO4S2/c18-13-8-11(6-7-14(13)19-25(22)23)15-12(9-24-16(15)17(20)21)10-4-2-1-3-5-10/h1-9,19H,(H,20,21)(H,22,23). The second-order valence-corrected chi connectivity index (χ2v) is 6.65. The molecule has 128 valence electrons. The lowest BCUT2D eigenvalue weighted by atomic mass is 9.96. The Bertz CT molecular complexity index is 957. The molecule has 0 radical (unpaired) electrons. The highest BCUT2D eigenvalue weighted by atomic mass is 32.2. The molecule has 1 aromatic heterocycles. The summed E-state index contributed by atoms with van der Waals surface area (Å²) in [5, 5.41) is 11.2. The number of thiophene rings is 1. The van der Waals surface area contributed by atoms with E-state index in [9.17, 15) is 18.5 Å². The van der Waals surface area contributed by atoms with Gasteiger partial charge in [-0.15, -0.1) is 11.3 Å². The summed E-state index contributed by atoms with van der Waals surface area (Å²) < 4.78 is 35.9. The van der Waals surface area contributed by atoms with Crippen LogP contribution < -0.4 is 4.72 Å². The molecule has 0 bridgehead atoms. The van der Waals surface area contributed by atoms with Crippen LogP contribution in [-0.2, 0) is 11.3 Å². The zero-order valence-electron chi connectivity index (χ0n) is 12.6. The Morgan fingerprint density at radius 3 is 2.44 bits per heavy atom. The smallest absolute Gasteiger partial charge is 0.346 e. The molecular weight excluding hydrogens is 365 g/mol. The third-order valence-electron chi connectivity index (χ3n) is 3.53. The molecule has 2 aromatic carbocycles. The van der Waals surface area contributed by atoms with Gasteiger partial charge >= 0.3 is 5.97 Å². The lowest BCUT2D eigenvalue weighted by Gasteiger charge is -2.09. The van der Waals surface area contributed by atoms with E-state index in [0.717, 1.165) is 23.0 Å². The normalized spacial score (nSPS) is 11.9. The molecule has 0 aliphatic heterocycles. The second kappa shape index (κ2) is 7.14. The van der Waals surface area contributed by atoms with Crippen molar-refractivity contribution in [3.63, 3.8) is 0 Å². The first-order valence-corrected chi connectivity index (χ1v) is 9.03. The molecule has 0 aliphatic rings. The van der Waals surface area contributed by atoms with E-state index in [0.29, 0.717) is 16.7 Å². The Kier molecular flexibility index (Phi) is 4.93. The van der Waals surface area contributed by atoms with Crippen molar-refractivity contribution in [2.24, 2.45) is 0 Å². The number of hydrogen-bond donors (Lipinski definition) is 3. The molecule has 1 heterocycles. The van der Waals surface area contributed by atoms with Gasteiger partial charge in [0.25, 0.3) is 11.3 Å². The number of anilines is 1. The van der Waals surface area contributed by atoms with Crippen LogP contribution in [0.3, 0.4) is 0 Å². The molecule has 0 saturated carbocycles. The predicted molar refractivity (Wildman–Crippen MR) is 96.5 cm³/mol. The maximum Gasteiger partial charge on any atom is 0.346 e. The van der Waals surface area contributed by atoms with Crippen LogP contribution >= 0.6 is 11.3 Å². The largest absolute Gasteiger partial charge is 0.477 e. The van der Waals surface area contributed by atoms with Crippen LogP contribution in [0.2, 0.25) is 0 Å². The van der Waals surface area contributed by atoms with Crippen molar-refractivity contribution in [1.29, 1.82) is 0 Å². The van der Waals surface area contributed by atoms with Crippen molar-refractivity contribution < 1.29 is 23.1 Å². The SMILES string of the molecule is O=C(O)c1scc(-c2ccccc2)c1-c1ccc(NS(=O)O)c(F)c1. The van der Waals surface area contributed by atoms with E-state index in [1.807, 2.05) is 30.3 Å². The molecule has 0 amide bonds. The molecule has 1 unspecified atom stereocenters. The highest BCUT2D eigenvalue weighted by Gasteiger charge is 2.21. The van der Waals surface area contributed by atoms with Gasteiger partial charge in [0.1, 0.15) is 10.7 Å². The summed E-state index contributed by atoms with van der Waals surface area (Å²) in [5.41, 5.74) is 2.16. The third-order valence-corrected chi connectivity index (χ3v) is 4.89. The highest BCUT2D eigenvalue weighted by molar-refractivity contribution is 7.80. The number of benzene rings is 2. The van der Waals surface area contributed by atoms with E-state index in [4.69, 9.17) is 4.55 Å². The van der Waals surface area contributed by atoms with Crippen molar-refractivity contribution in [1.82, 2.24) is 0 Å². The number of rotatable bonds is 5. The molecule has 3 N–H and O–H groups in total. The maximum absolute atomic E-state index is 14.2. The van der Waals surface area contributed by atoms with Gasteiger partial charge in [0, 0.05) is 16.5 Å². The number of aromatic carboxylic acids is 1. The van der Waals surface area contributed by atoms with Crippen LogP contribution in [0.4, 0.5) is 10.1 Å². The molecule has 0 spiro atoms. The predicted octanol–water partition coefficient (Wildman–Crippen LogP) is 4.47. The van der Waals surface area contributed by atoms with E-state index in [1.165, 1.54) is 12.1 Å². The Morgan fingerprint density at radius 2 is 1.84 bits per heavy atom. The van der Waals surface area contributed by atoms with Gasteiger partial charge < -0.3 is 5.11 Å². The van der Waals surface area contributed by atoms with Crippen molar-refractivity contribution in [2.75, 3.05) is 4.72 Å². The van der Waals surface area contributed by atoms with Gasteiger partial charge in [-0.05, 0) is 23.3 Å². The summed E-state index contributed by atoms with van der Waals surface area (Å²) in [5.74, 6) is -1.84. The fourth-order valence-corrected chi connectivity index (χ4v) is 3.77. The monoisotopic (exact) mass is 377 g/mol. The Hall–Kier alpha value is -2.55. The molecule has 1 atom stereocenters. The number of hydrogen-bond acceptors (Lipinski definition) is 3. The molecule has 25 heavy (non-hydrogen) atoms. The maximum atomic E-state index is 14.2. The van der Waals surface area contributed by atoms with E-state index >= 15 is 0 Å². The molecule has 3 rings (SSSR count). The number of halogens is 1. The summed E-state index contributed by atoms with van der Waals surface area (Å²) in [7, 11) is 0. The van der Waals surface area contributed by atoms with Crippen LogP contribution in [-0.4, -0.2) is 19.8 Å². The van der Waals surface area contributed by atoms with E-state index < -0.39 is 23.1 Å². The topological polar surface area (TPSA) is 86.6 Å². The molecule has 0 fully saturated rings. The van der Waals surface area contributed by atoms with Gasteiger partial charge in [-0.25, -0.2) is 13.4 Å². The zero-order valence-corrected chi connectivity index (χ0v) is 14.2. The Balaban J connectivity index is 2.16. The van der Waals surface area contributed by atoms with Gasteiger partial charge in [-0.2, -0.15) is 0 Å². The molecular formula is C17H12FNO4S2. The van der Waals surface area contributed by atoms with Crippen LogP contribution in [0.25, 0.3) is 22.3 Å². The third kappa shape index (κ3) is 3.60. The first-order valence-electron chi connectivity index (χ1n) is 7.05. The summed E-state index contributed by atoms with van der Waals surface area (Å²) in [6.45, 7) is 0. The lowest BCUT2D eigenvalue weighted by molar-refractivity contribution is 0.0703. The molecule has 0 saturated heterocycles. The van der Waals surface area contributed by atoms with Crippen LogP contribution in [0.15, 0.2) is 53.9 Å². The first-order chi connectivity index (χ1) is 12.0. The van der Waals surface area contributed by atoms with Crippen LogP contribution in [0.5, 0.6) is 0 Å². The van der Waals surface area contributed by atoms with Gasteiger partial charge in [0.15, 0.2) is 0 Å². The highest BCUT2D eigenvalue weighted by Crippen LogP contribution is 2.40. The van der Waals surface area contributed by atoms with E-state index in [1.54, 1.807) is 5.38 Å². The van der Waals surface area contributed by atoms with Gasteiger partial charge in [-0.1, -0.05) is 36.4 Å². The number of carboxylic acid groups (broad SMARTS) is 1. The average Bonchev–Trinajstić information content (AvgIpc) is 3.02. The molecule has 8 heteroatoms. The Labute approximate surface area is 149 Å². The second-order valence-electron chi connectivity index (χ2n) is 5.07. The van der Waals surface area contributed by atoms with Crippen molar-refractivity contribution in [3.8, 4) is 22.3 Å². The van der Waals surface area contributed by atoms with Gasteiger partial charge in [0.05, 0.1) is 5.69 Å². The number of nitrogens with one attached hydrogen (secondary N) is 1. The molecule has 0 aliphatic carbocycles. The van der Waals surface area contributed by atoms with E-state index in [2.05, 4.69) is 4.72 Å². The first kappa shape index (κ1) is 17.3. The van der Waals surface area contributed by atoms with Crippen LogP contribution in [0, 0.1) is 5.82 Å². The van der Waals surface area contributed by atoms with E-state index in [-0.39, 0.29) is 10.6 Å². The van der Waals surface area contributed by atoms with Crippen molar-refractivity contribution in [2.45, 2.75) is 0 Å². The van der Waals surface area contributed by atoms with Gasteiger partial charge in [-0.3, -0.25) is 9.27 Å². The minimum Gasteiger partial charge on any atom is -0.477 e. The fraction of sp³-hybridized carbons (Fsp3) is 0. The minimum atomic E-state index is -2.40. The molecule has 5 nitrogen and oxygen atoms in total. The van der Waals surface area contributed by atoms with Gasteiger partial charge in [0.2, 0.25) is 0 Å². The van der Waals surface area contributed by atoms with Crippen molar-refractivity contribution >= 4 is 34.3 Å². The number of carbonyl (C=O) groups is 1. The molecule has 3 aromatic rings. The van der Waals surface area contributed by atoms with Crippen molar-refractivity contribution in [3.05, 3.63) is 64.6 Å². The summed E-state index contributed by atoms with van der Waals surface area (Å²) in [4.78, 5) is 11.7. The minimum absolute atomic E-state index is 0.102. The quantitative estimate of drug-likeness (QED) is 0.573. The summed E-state index contributed by atoms with van der Waals surface area (Å²) in [6, 6.07) is 13.2. The average molecular weight is 377 g/mol. The zero-order chi connectivity index (χ0) is 18.0. The summed E-state index contributed by atoms with van der Waals surface area (Å²) >= 11 is -1.33. The Morgan fingerprint density at radius 1 is 1.12 bits per heavy atom. The number of carboxylic acids is 1. The fourth-order valence-electron chi connectivity index (χ4n) is 2.48. The summed E-state index contributed by atoms with van der Waals surface area (Å²) in [6.07, 6.45) is 0. The van der Waals surface area contributed by atoms with Crippen LogP contribution in [0.1, 0.15) is 9.67 Å². The lowest BCUT2D eigenvalue weighted by Crippen LogP contribution is -2.04.